The van der Waals surface area contributed by atoms with Gasteiger partial charge in [0.1, 0.15) is 11.9 Å². The number of hydrogen-bond acceptors (Lipinski definition) is 3. The van der Waals surface area contributed by atoms with Gasteiger partial charge in [-0.15, -0.1) is 0 Å². The van der Waals surface area contributed by atoms with Crippen molar-refractivity contribution in [3.63, 3.8) is 0 Å². The average molecular weight is 228 g/mol. The van der Waals surface area contributed by atoms with Crippen LogP contribution in [0.3, 0.4) is 0 Å². The van der Waals surface area contributed by atoms with Crippen LogP contribution in [0.25, 0.3) is 0 Å². The Balaban J connectivity index is 3.05. The molecule has 0 bridgehead atoms. The monoisotopic (exact) mass is 228 g/mol. The number of ether oxygens (including phenoxy) is 1. The highest BCUT2D eigenvalue weighted by Crippen LogP contribution is 2.18. The van der Waals surface area contributed by atoms with Crippen LogP contribution in [-0.4, -0.2) is 16.6 Å². The summed E-state index contributed by atoms with van der Waals surface area (Å²) in [6.45, 7) is 5.89. The van der Waals surface area contributed by atoms with Crippen LogP contribution in [-0.2, 0) is 4.74 Å². The van der Waals surface area contributed by atoms with Crippen LogP contribution in [0.2, 0.25) is 0 Å². The van der Waals surface area contributed by atoms with Crippen LogP contribution in [0.1, 0.15) is 44.3 Å². The smallest absolute Gasteiger partial charge is 0.287 e. The third-order valence-corrected chi connectivity index (χ3v) is 2.27. The first-order chi connectivity index (χ1) is 7.60. The minimum absolute atomic E-state index is 0.111. The molecule has 0 fully saturated rings. The molecule has 0 saturated heterocycles. The highest BCUT2D eigenvalue weighted by molar-refractivity contribution is 5.05. The number of halogens is 1. The Morgan fingerprint density at radius 1 is 1.50 bits per heavy atom. The molecule has 90 valence electrons. The Morgan fingerprint density at radius 3 is 2.69 bits per heavy atom. The molecule has 4 nitrogen and oxygen atoms in total. The maximum atomic E-state index is 13.1. The van der Waals surface area contributed by atoms with Gasteiger partial charge in [-0.3, -0.25) is 4.79 Å². The van der Waals surface area contributed by atoms with Crippen molar-refractivity contribution in [1.82, 2.24) is 9.97 Å². The zero-order valence-electron chi connectivity index (χ0n) is 9.84. The van der Waals surface area contributed by atoms with Crippen LogP contribution in [0.4, 0.5) is 4.39 Å². The molecule has 5 heteroatoms. The molecule has 0 aliphatic carbocycles. The maximum absolute atomic E-state index is 13.1. The number of rotatable bonds is 5. The van der Waals surface area contributed by atoms with Crippen LogP contribution >= 0.6 is 0 Å². The zero-order valence-corrected chi connectivity index (χ0v) is 9.84. The predicted octanol–water partition coefficient (Wildman–Crippen LogP) is 2.10. The molecule has 0 aliphatic heterocycles. The van der Waals surface area contributed by atoms with Crippen LogP contribution < -0.4 is 5.56 Å². The minimum atomic E-state index is -0.824. The lowest BCUT2D eigenvalue weighted by atomic mass is 10.2. The summed E-state index contributed by atoms with van der Waals surface area (Å²) in [6, 6.07) is 0. The fourth-order valence-electron chi connectivity index (χ4n) is 1.51. The molecule has 1 aromatic heterocycles. The minimum Gasteiger partial charge on any atom is -0.371 e. The van der Waals surface area contributed by atoms with Gasteiger partial charge in [-0.25, -0.2) is 4.98 Å². The Morgan fingerprint density at radius 2 is 2.19 bits per heavy atom. The maximum Gasteiger partial charge on any atom is 0.287 e. The molecule has 0 saturated carbocycles. The fraction of sp³-hybridized carbons (Fsp3) is 0.636. The molecule has 1 aromatic rings. The Bertz CT molecular complexity index is 397. The van der Waals surface area contributed by atoms with E-state index in [1.54, 1.807) is 0 Å². The van der Waals surface area contributed by atoms with Crippen molar-refractivity contribution >= 4 is 0 Å². The first kappa shape index (κ1) is 12.8. The molecule has 16 heavy (non-hydrogen) atoms. The van der Waals surface area contributed by atoms with Gasteiger partial charge in [0.15, 0.2) is 0 Å². The molecule has 1 heterocycles. The highest BCUT2D eigenvalue weighted by atomic mass is 19.1. The van der Waals surface area contributed by atoms with Gasteiger partial charge in [0, 0.05) is 6.61 Å². The van der Waals surface area contributed by atoms with Gasteiger partial charge in [-0.2, -0.15) is 4.39 Å². The number of nitrogens with one attached hydrogen (secondary N) is 1. The summed E-state index contributed by atoms with van der Waals surface area (Å²) in [6.07, 6.45) is 1.40. The molecule has 1 unspecified atom stereocenters. The molecular weight excluding hydrogens is 211 g/mol. The molecule has 0 amide bonds. The summed E-state index contributed by atoms with van der Waals surface area (Å²) in [5, 5.41) is 0. The van der Waals surface area contributed by atoms with E-state index in [9.17, 15) is 9.18 Å². The molecule has 1 rings (SSSR count). The molecule has 0 aromatic carbocycles. The highest BCUT2D eigenvalue weighted by Gasteiger charge is 2.16. The van der Waals surface area contributed by atoms with Crippen molar-refractivity contribution in [2.24, 2.45) is 0 Å². The summed E-state index contributed by atoms with van der Waals surface area (Å²) >= 11 is 0. The lowest BCUT2D eigenvalue weighted by Crippen LogP contribution is -2.20. The number of aromatic nitrogens is 2. The normalized spacial score (nSPS) is 12.8. The van der Waals surface area contributed by atoms with Crippen molar-refractivity contribution in [2.75, 3.05) is 6.61 Å². The molecular formula is C11H17FN2O2. The van der Waals surface area contributed by atoms with E-state index in [4.69, 9.17) is 4.74 Å². The van der Waals surface area contributed by atoms with E-state index in [2.05, 4.69) is 9.97 Å². The van der Waals surface area contributed by atoms with E-state index < -0.39 is 11.4 Å². The largest absolute Gasteiger partial charge is 0.371 e. The van der Waals surface area contributed by atoms with Gasteiger partial charge in [-0.05, 0) is 20.3 Å². The van der Waals surface area contributed by atoms with Gasteiger partial charge in [-0.1, -0.05) is 13.3 Å². The van der Waals surface area contributed by atoms with Crippen molar-refractivity contribution in [3.05, 3.63) is 27.7 Å². The second kappa shape index (κ2) is 5.75. The van der Waals surface area contributed by atoms with E-state index in [1.165, 1.54) is 6.92 Å². The van der Waals surface area contributed by atoms with E-state index in [0.717, 1.165) is 12.8 Å². The van der Waals surface area contributed by atoms with Crippen molar-refractivity contribution < 1.29 is 9.13 Å². The number of aromatic amines is 1. The van der Waals surface area contributed by atoms with Crippen LogP contribution in [0, 0.1) is 12.7 Å². The first-order valence-electron chi connectivity index (χ1n) is 5.48. The van der Waals surface area contributed by atoms with Crippen LogP contribution in [0.15, 0.2) is 4.79 Å². The third kappa shape index (κ3) is 2.88. The number of aryl methyl sites for hydroxylation is 1. The predicted molar refractivity (Wildman–Crippen MR) is 58.8 cm³/mol. The van der Waals surface area contributed by atoms with Gasteiger partial charge in [0.25, 0.3) is 5.56 Å². The average Bonchev–Trinajstić information content (AvgIpc) is 2.25. The van der Waals surface area contributed by atoms with Gasteiger partial charge < -0.3 is 9.72 Å². The quantitative estimate of drug-likeness (QED) is 0.839. The van der Waals surface area contributed by atoms with Crippen molar-refractivity contribution in [3.8, 4) is 0 Å². The second-order valence-corrected chi connectivity index (χ2v) is 3.58. The molecule has 0 aliphatic rings. The topological polar surface area (TPSA) is 55.0 Å². The van der Waals surface area contributed by atoms with Crippen molar-refractivity contribution in [2.45, 2.75) is 39.7 Å². The first-order valence-corrected chi connectivity index (χ1v) is 5.48. The third-order valence-electron chi connectivity index (χ3n) is 2.27. The summed E-state index contributed by atoms with van der Waals surface area (Å²) in [4.78, 5) is 17.7. The number of hydrogen-bond donors (Lipinski definition) is 1. The Hall–Kier alpha value is -1.23. The summed E-state index contributed by atoms with van der Waals surface area (Å²) in [5.41, 5.74) is -0.622. The molecule has 1 N–H and O–H groups in total. The summed E-state index contributed by atoms with van der Waals surface area (Å²) < 4.78 is 18.6. The zero-order chi connectivity index (χ0) is 12.1. The fourth-order valence-corrected chi connectivity index (χ4v) is 1.51. The standard InChI is InChI=1S/C11H17FN2O2/c1-4-6-8(16-5-2)10-13-7(3)9(12)11(15)14-10/h8H,4-6H2,1-3H3,(H,13,14,15). The Labute approximate surface area is 93.9 Å². The van der Waals surface area contributed by atoms with E-state index in [0.29, 0.717) is 12.4 Å². The number of H-pyrrole nitrogens is 1. The van der Waals surface area contributed by atoms with E-state index in [1.807, 2.05) is 13.8 Å². The van der Waals surface area contributed by atoms with E-state index in [-0.39, 0.29) is 11.8 Å². The number of nitrogens with zero attached hydrogens (tertiary/aromatic N) is 1. The Kier molecular flexibility index (Phi) is 4.61. The van der Waals surface area contributed by atoms with Crippen molar-refractivity contribution in [1.29, 1.82) is 0 Å². The van der Waals surface area contributed by atoms with Gasteiger partial charge in [0.05, 0.1) is 5.69 Å². The lowest BCUT2D eigenvalue weighted by Gasteiger charge is -2.15. The molecule has 0 radical (unpaired) electrons. The van der Waals surface area contributed by atoms with Gasteiger partial charge in [0.2, 0.25) is 5.82 Å². The summed E-state index contributed by atoms with van der Waals surface area (Å²) in [5.74, 6) is -0.414. The molecule has 1 atom stereocenters. The second-order valence-electron chi connectivity index (χ2n) is 3.58. The van der Waals surface area contributed by atoms with Gasteiger partial charge >= 0.3 is 0 Å². The summed E-state index contributed by atoms with van der Waals surface area (Å²) in [7, 11) is 0. The van der Waals surface area contributed by atoms with E-state index >= 15 is 0 Å². The van der Waals surface area contributed by atoms with Crippen LogP contribution in [0.5, 0.6) is 0 Å². The SMILES string of the molecule is CCCC(OCC)c1nc(C)c(F)c(=O)[nH]1. The molecule has 0 spiro atoms. The lowest BCUT2D eigenvalue weighted by molar-refractivity contribution is 0.0489.